The van der Waals surface area contributed by atoms with E-state index < -0.39 is 16.0 Å². The van der Waals surface area contributed by atoms with Gasteiger partial charge in [0.1, 0.15) is 0 Å². The van der Waals surface area contributed by atoms with Gasteiger partial charge in [-0.2, -0.15) is 8.42 Å². The third-order valence-electron chi connectivity index (χ3n) is 2.33. The quantitative estimate of drug-likeness (QED) is 0.802. The van der Waals surface area contributed by atoms with E-state index in [9.17, 15) is 13.2 Å². The van der Waals surface area contributed by atoms with E-state index in [1.54, 1.807) is 12.1 Å². The van der Waals surface area contributed by atoms with E-state index in [0.29, 0.717) is 6.42 Å². The molecule has 6 heteroatoms. The second-order valence-electron chi connectivity index (χ2n) is 3.98. The lowest BCUT2D eigenvalue weighted by Gasteiger charge is -2.06. The van der Waals surface area contributed by atoms with Crippen LogP contribution in [0.3, 0.4) is 0 Å². The van der Waals surface area contributed by atoms with Crippen molar-refractivity contribution >= 4 is 16.0 Å². The first-order valence-electron chi connectivity index (χ1n) is 5.74. The molecule has 0 aromatic heterocycles. The maximum atomic E-state index is 11.7. The van der Waals surface area contributed by atoms with Crippen LogP contribution < -0.4 is 5.48 Å². The summed E-state index contributed by atoms with van der Waals surface area (Å²) in [5, 5.41) is 0. The number of hydroxylamine groups is 1. The number of aryl methyl sites for hydroxylation is 1. The molecule has 100 valence electrons. The highest BCUT2D eigenvalue weighted by atomic mass is 32.2. The zero-order valence-electron chi connectivity index (χ0n) is 10.5. The fourth-order valence-corrected chi connectivity index (χ4v) is 2.01. The Balaban J connectivity index is 2.60. The largest absolute Gasteiger partial charge is 0.317 e. The average Bonchev–Trinajstić information content (AvgIpc) is 2.34. The van der Waals surface area contributed by atoms with Gasteiger partial charge in [0.2, 0.25) is 5.91 Å². The second-order valence-corrected chi connectivity index (χ2v) is 5.53. The van der Waals surface area contributed by atoms with Crippen LogP contribution in [0.15, 0.2) is 29.2 Å². The number of unbranched alkanes of at least 4 members (excludes halogenated alkanes) is 1. The van der Waals surface area contributed by atoms with E-state index >= 15 is 0 Å². The summed E-state index contributed by atoms with van der Waals surface area (Å²) in [5.74, 6) is -0.437. The summed E-state index contributed by atoms with van der Waals surface area (Å²) in [4.78, 5) is 11.3. The number of carbonyl (C=O) groups excluding carboxylic acids is 1. The molecule has 0 saturated carbocycles. The molecule has 0 spiro atoms. The minimum Gasteiger partial charge on any atom is -0.273 e. The van der Waals surface area contributed by atoms with Crippen molar-refractivity contribution in [3.63, 3.8) is 0 Å². The van der Waals surface area contributed by atoms with Crippen LogP contribution in [0.1, 0.15) is 31.7 Å². The van der Waals surface area contributed by atoms with Crippen molar-refractivity contribution in [1.82, 2.24) is 5.48 Å². The van der Waals surface area contributed by atoms with E-state index in [4.69, 9.17) is 0 Å². The van der Waals surface area contributed by atoms with Gasteiger partial charge in [-0.3, -0.25) is 4.79 Å². The van der Waals surface area contributed by atoms with Crippen LogP contribution in [-0.4, -0.2) is 14.3 Å². The molecule has 0 aliphatic carbocycles. The van der Waals surface area contributed by atoms with Gasteiger partial charge < -0.3 is 0 Å². The number of benzene rings is 1. The highest BCUT2D eigenvalue weighted by molar-refractivity contribution is 7.86. The standard InChI is InChI=1S/C12H17NO4S/c1-3-4-5-12(14)13-17-18(15,16)11-8-6-10(2)7-9-11/h6-9H,3-5H2,1-2H3,(H,13,14). The maximum Gasteiger partial charge on any atom is 0.317 e. The Hall–Kier alpha value is -1.40. The molecule has 0 aliphatic heterocycles. The van der Waals surface area contributed by atoms with Crippen molar-refractivity contribution < 1.29 is 17.5 Å². The zero-order valence-corrected chi connectivity index (χ0v) is 11.3. The SMILES string of the molecule is CCCCC(=O)NOS(=O)(=O)c1ccc(C)cc1. The lowest BCUT2D eigenvalue weighted by Crippen LogP contribution is -2.26. The Bertz CT molecular complexity index is 493. The molecule has 0 saturated heterocycles. The Morgan fingerprint density at radius 3 is 2.44 bits per heavy atom. The van der Waals surface area contributed by atoms with Gasteiger partial charge in [0, 0.05) is 6.42 Å². The number of hydrogen-bond donors (Lipinski definition) is 1. The number of rotatable bonds is 6. The number of amides is 1. The second kappa shape index (κ2) is 6.51. The maximum absolute atomic E-state index is 11.7. The molecular formula is C12H17NO4S. The fourth-order valence-electron chi connectivity index (χ4n) is 1.24. The van der Waals surface area contributed by atoms with Gasteiger partial charge in [0.05, 0.1) is 4.90 Å². The van der Waals surface area contributed by atoms with Crippen molar-refractivity contribution in [2.75, 3.05) is 0 Å². The molecule has 1 amide bonds. The molecule has 18 heavy (non-hydrogen) atoms. The molecule has 0 fully saturated rings. The molecule has 0 unspecified atom stereocenters. The summed E-state index contributed by atoms with van der Waals surface area (Å²) in [6, 6.07) is 6.19. The van der Waals surface area contributed by atoms with Crippen LogP contribution in [-0.2, 0) is 19.2 Å². The third-order valence-corrected chi connectivity index (χ3v) is 3.48. The molecule has 1 rings (SSSR count). The van der Waals surface area contributed by atoms with E-state index in [1.807, 2.05) is 19.3 Å². The zero-order chi connectivity index (χ0) is 13.6. The van der Waals surface area contributed by atoms with Crippen LogP contribution in [0.4, 0.5) is 0 Å². The van der Waals surface area contributed by atoms with Crippen molar-refractivity contribution in [2.45, 2.75) is 38.0 Å². The van der Waals surface area contributed by atoms with E-state index in [1.165, 1.54) is 12.1 Å². The van der Waals surface area contributed by atoms with Gasteiger partial charge in [-0.25, -0.2) is 5.48 Å². The van der Waals surface area contributed by atoms with Crippen LogP contribution >= 0.6 is 0 Å². The lowest BCUT2D eigenvalue weighted by atomic mass is 10.2. The highest BCUT2D eigenvalue weighted by Gasteiger charge is 2.16. The highest BCUT2D eigenvalue weighted by Crippen LogP contribution is 2.12. The summed E-state index contributed by atoms with van der Waals surface area (Å²) in [6.45, 7) is 3.79. The molecule has 1 N–H and O–H groups in total. The molecule has 0 atom stereocenters. The van der Waals surface area contributed by atoms with Gasteiger partial charge in [0.25, 0.3) is 0 Å². The first kappa shape index (κ1) is 14.7. The van der Waals surface area contributed by atoms with Crippen LogP contribution in [0, 0.1) is 6.92 Å². The van der Waals surface area contributed by atoms with Crippen LogP contribution in [0.25, 0.3) is 0 Å². The van der Waals surface area contributed by atoms with Crippen molar-refractivity contribution in [2.24, 2.45) is 0 Å². The summed E-state index contributed by atoms with van der Waals surface area (Å²) in [6.07, 6.45) is 1.80. The van der Waals surface area contributed by atoms with Gasteiger partial charge in [-0.1, -0.05) is 31.0 Å². The molecule has 0 heterocycles. The molecule has 0 radical (unpaired) electrons. The monoisotopic (exact) mass is 271 g/mol. The summed E-state index contributed by atoms with van der Waals surface area (Å²) < 4.78 is 27.9. The minimum atomic E-state index is -3.93. The topological polar surface area (TPSA) is 72.5 Å². The van der Waals surface area contributed by atoms with Crippen LogP contribution in [0.2, 0.25) is 0 Å². The van der Waals surface area contributed by atoms with E-state index in [-0.39, 0.29) is 11.3 Å². The van der Waals surface area contributed by atoms with Crippen LogP contribution in [0.5, 0.6) is 0 Å². The first-order chi connectivity index (χ1) is 8.45. The summed E-state index contributed by atoms with van der Waals surface area (Å²) in [7, 11) is -3.93. The first-order valence-corrected chi connectivity index (χ1v) is 7.15. The Morgan fingerprint density at radius 2 is 1.89 bits per heavy atom. The molecule has 5 nitrogen and oxygen atoms in total. The third kappa shape index (κ3) is 4.46. The molecular weight excluding hydrogens is 254 g/mol. The van der Waals surface area contributed by atoms with Gasteiger partial charge in [0.15, 0.2) is 0 Å². The Kier molecular flexibility index (Phi) is 5.30. The van der Waals surface area contributed by atoms with Gasteiger partial charge in [-0.15, -0.1) is 4.28 Å². The van der Waals surface area contributed by atoms with E-state index in [2.05, 4.69) is 4.28 Å². The Morgan fingerprint density at radius 1 is 1.28 bits per heavy atom. The normalized spacial score (nSPS) is 11.2. The van der Waals surface area contributed by atoms with Gasteiger partial charge >= 0.3 is 10.1 Å². The number of hydrogen-bond acceptors (Lipinski definition) is 4. The molecule has 1 aromatic carbocycles. The van der Waals surface area contributed by atoms with Gasteiger partial charge in [-0.05, 0) is 25.5 Å². The van der Waals surface area contributed by atoms with Crippen molar-refractivity contribution in [3.8, 4) is 0 Å². The summed E-state index contributed by atoms with van der Waals surface area (Å²) >= 11 is 0. The predicted octanol–water partition coefficient (Wildman–Crippen LogP) is 1.92. The molecule has 1 aromatic rings. The van der Waals surface area contributed by atoms with Crippen molar-refractivity contribution in [1.29, 1.82) is 0 Å². The lowest BCUT2D eigenvalue weighted by molar-refractivity contribution is -0.127. The minimum absolute atomic E-state index is 0.0175. The molecule has 0 aliphatic rings. The molecule has 0 bridgehead atoms. The van der Waals surface area contributed by atoms with Crippen molar-refractivity contribution in [3.05, 3.63) is 29.8 Å². The Labute approximate surface area is 107 Å². The average molecular weight is 271 g/mol. The summed E-state index contributed by atoms with van der Waals surface area (Å²) in [5.41, 5.74) is 2.89. The number of carbonyl (C=O) groups is 1. The fraction of sp³-hybridized carbons (Fsp3) is 0.417. The number of nitrogens with one attached hydrogen (secondary N) is 1. The predicted molar refractivity (Wildman–Crippen MR) is 67.1 cm³/mol. The smallest absolute Gasteiger partial charge is 0.273 e. The van der Waals surface area contributed by atoms with E-state index in [0.717, 1.165) is 12.0 Å².